The van der Waals surface area contributed by atoms with E-state index in [0.717, 1.165) is 30.2 Å². The van der Waals surface area contributed by atoms with Crippen molar-refractivity contribution in [1.82, 2.24) is 14.8 Å². The molecule has 20 heavy (non-hydrogen) atoms. The van der Waals surface area contributed by atoms with Crippen LogP contribution in [0.4, 0.5) is 0 Å². The Morgan fingerprint density at radius 3 is 2.90 bits per heavy atom. The van der Waals surface area contributed by atoms with Gasteiger partial charge in [0.2, 0.25) is 5.88 Å². The Labute approximate surface area is 125 Å². The molecule has 0 saturated carbocycles. The first-order valence-corrected chi connectivity index (χ1v) is 7.34. The highest BCUT2D eigenvalue weighted by atomic mass is 32.1. The van der Waals surface area contributed by atoms with Crippen LogP contribution in [0.25, 0.3) is 0 Å². The van der Waals surface area contributed by atoms with E-state index in [1.807, 2.05) is 19.2 Å². The standard InChI is InChI=1S/C15H19N3OS/c1-11(18-8-3-4-9-18)13-10-17(2)15(20)12-6-5-7-16-14(12)19-13/h3-7,11,13H,8-10H2,1-2H3. The zero-order valence-electron chi connectivity index (χ0n) is 11.8. The number of thiocarbonyl (C=S) groups is 1. The van der Waals surface area contributed by atoms with Crippen LogP contribution in [-0.2, 0) is 0 Å². The first-order chi connectivity index (χ1) is 9.66. The number of aromatic nitrogens is 1. The number of pyridine rings is 1. The minimum atomic E-state index is 0.0639. The van der Waals surface area contributed by atoms with E-state index in [2.05, 4.69) is 33.9 Å². The number of nitrogens with zero attached hydrogens (tertiary/aromatic N) is 3. The lowest BCUT2D eigenvalue weighted by molar-refractivity contribution is 0.0809. The van der Waals surface area contributed by atoms with Gasteiger partial charge >= 0.3 is 0 Å². The van der Waals surface area contributed by atoms with Crippen LogP contribution in [-0.4, -0.2) is 58.6 Å². The van der Waals surface area contributed by atoms with Crippen molar-refractivity contribution in [2.75, 3.05) is 26.7 Å². The third-order valence-corrected chi connectivity index (χ3v) is 4.56. The fourth-order valence-corrected chi connectivity index (χ4v) is 2.93. The zero-order valence-corrected chi connectivity index (χ0v) is 12.6. The van der Waals surface area contributed by atoms with Crippen molar-refractivity contribution in [3.63, 3.8) is 0 Å². The van der Waals surface area contributed by atoms with Gasteiger partial charge in [-0.05, 0) is 19.1 Å². The van der Waals surface area contributed by atoms with Crippen LogP contribution in [0.2, 0.25) is 0 Å². The van der Waals surface area contributed by atoms with E-state index in [9.17, 15) is 0 Å². The van der Waals surface area contributed by atoms with Gasteiger partial charge in [0, 0.05) is 32.4 Å². The summed E-state index contributed by atoms with van der Waals surface area (Å²) in [5.41, 5.74) is 0.916. The van der Waals surface area contributed by atoms with Gasteiger partial charge in [0.1, 0.15) is 11.1 Å². The average molecular weight is 289 g/mol. The minimum Gasteiger partial charge on any atom is -0.470 e. The first-order valence-electron chi connectivity index (χ1n) is 6.93. The number of ether oxygens (including phenoxy) is 1. The monoisotopic (exact) mass is 289 g/mol. The van der Waals surface area contributed by atoms with E-state index in [1.165, 1.54) is 0 Å². The molecule has 1 aromatic heterocycles. The third kappa shape index (κ3) is 2.43. The van der Waals surface area contributed by atoms with E-state index in [0.29, 0.717) is 11.9 Å². The fourth-order valence-electron chi connectivity index (χ4n) is 2.70. The number of hydrogen-bond acceptors (Lipinski definition) is 4. The summed E-state index contributed by atoms with van der Waals surface area (Å²) in [6.07, 6.45) is 6.22. The van der Waals surface area contributed by atoms with E-state index in [1.54, 1.807) is 6.20 Å². The van der Waals surface area contributed by atoms with Crippen LogP contribution >= 0.6 is 12.2 Å². The summed E-state index contributed by atoms with van der Waals surface area (Å²) in [5, 5.41) is 0. The molecule has 0 saturated heterocycles. The van der Waals surface area contributed by atoms with Crippen molar-refractivity contribution in [3.8, 4) is 5.88 Å². The molecule has 106 valence electrons. The second-order valence-electron chi connectivity index (χ2n) is 5.36. The highest BCUT2D eigenvalue weighted by molar-refractivity contribution is 7.80. The molecule has 0 aliphatic carbocycles. The molecule has 4 nitrogen and oxygen atoms in total. The van der Waals surface area contributed by atoms with Crippen molar-refractivity contribution in [1.29, 1.82) is 0 Å². The van der Waals surface area contributed by atoms with Gasteiger partial charge in [0.15, 0.2) is 0 Å². The van der Waals surface area contributed by atoms with Gasteiger partial charge in [-0.3, -0.25) is 4.90 Å². The molecule has 0 radical (unpaired) electrons. The summed E-state index contributed by atoms with van der Waals surface area (Å²) < 4.78 is 6.16. The van der Waals surface area contributed by atoms with Crippen molar-refractivity contribution < 1.29 is 4.74 Å². The molecule has 3 rings (SSSR count). The summed E-state index contributed by atoms with van der Waals surface area (Å²) in [5.74, 6) is 0.658. The third-order valence-electron chi connectivity index (χ3n) is 4.03. The molecule has 2 aliphatic heterocycles. The molecule has 0 fully saturated rings. The molecule has 5 heteroatoms. The molecular formula is C15H19N3OS. The maximum atomic E-state index is 6.16. The molecule has 0 N–H and O–H groups in total. The Bertz CT molecular complexity index is 538. The molecule has 2 aliphatic rings. The summed E-state index contributed by atoms with van der Waals surface area (Å²) >= 11 is 5.52. The summed E-state index contributed by atoms with van der Waals surface area (Å²) in [6, 6.07) is 4.20. The number of fused-ring (bicyclic) bond motifs is 1. The lowest BCUT2D eigenvalue weighted by Gasteiger charge is -2.32. The Kier molecular flexibility index (Phi) is 3.72. The lowest BCUT2D eigenvalue weighted by atomic mass is 10.1. The van der Waals surface area contributed by atoms with Crippen molar-refractivity contribution in [3.05, 3.63) is 36.0 Å². The number of likely N-dealkylation sites (N-methyl/N-ethyl adjacent to an activating group) is 1. The second-order valence-corrected chi connectivity index (χ2v) is 5.75. The summed E-state index contributed by atoms with van der Waals surface area (Å²) in [4.78, 5) is 9.65. The Balaban J connectivity index is 1.86. The highest BCUT2D eigenvalue weighted by Crippen LogP contribution is 2.25. The number of rotatable bonds is 2. The van der Waals surface area contributed by atoms with Crippen molar-refractivity contribution in [2.45, 2.75) is 19.1 Å². The van der Waals surface area contributed by atoms with E-state index < -0.39 is 0 Å². The van der Waals surface area contributed by atoms with Gasteiger partial charge in [-0.25, -0.2) is 4.98 Å². The van der Waals surface area contributed by atoms with Crippen LogP contribution < -0.4 is 4.74 Å². The number of hydrogen-bond donors (Lipinski definition) is 0. The predicted molar refractivity (Wildman–Crippen MR) is 83.2 cm³/mol. The molecule has 1 aromatic rings. The van der Waals surface area contributed by atoms with Gasteiger partial charge < -0.3 is 9.64 Å². The van der Waals surface area contributed by atoms with Gasteiger partial charge in [-0.1, -0.05) is 24.4 Å². The van der Waals surface area contributed by atoms with E-state index >= 15 is 0 Å². The predicted octanol–water partition coefficient (Wildman–Crippen LogP) is 1.71. The van der Waals surface area contributed by atoms with Crippen LogP contribution in [0.3, 0.4) is 0 Å². The summed E-state index contributed by atoms with van der Waals surface area (Å²) in [6.45, 7) is 4.98. The quantitative estimate of drug-likeness (QED) is 0.610. The Hall–Kier alpha value is -1.46. The lowest BCUT2D eigenvalue weighted by Crippen LogP contribution is -2.48. The summed E-state index contributed by atoms with van der Waals surface area (Å²) in [7, 11) is 2.02. The molecule has 0 amide bonds. The fraction of sp³-hybridized carbons (Fsp3) is 0.467. The molecule has 0 spiro atoms. The van der Waals surface area contributed by atoms with Gasteiger partial charge in [0.05, 0.1) is 12.1 Å². The van der Waals surface area contributed by atoms with Crippen LogP contribution in [0, 0.1) is 0 Å². The molecule has 3 heterocycles. The van der Waals surface area contributed by atoms with E-state index in [-0.39, 0.29) is 6.10 Å². The molecule has 0 bridgehead atoms. The van der Waals surface area contributed by atoms with Crippen molar-refractivity contribution in [2.24, 2.45) is 0 Å². The first kappa shape index (κ1) is 13.5. The molecule has 0 aromatic carbocycles. The maximum absolute atomic E-state index is 6.16. The van der Waals surface area contributed by atoms with Crippen LogP contribution in [0.5, 0.6) is 5.88 Å². The highest BCUT2D eigenvalue weighted by Gasteiger charge is 2.31. The van der Waals surface area contributed by atoms with Gasteiger partial charge in [0.25, 0.3) is 0 Å². The smallest absolute Gasteiger partial charge is 0.224 e. The van der Waals surface area contributed by atoms with Gasteiger partial charge in [-0.2, -0.15) is 0 Å². The SMILES string of the molecule is CC(C1CN(C)C(=S)c2cccnc2O1)N1CC=CC1. The maximum Gasteiger partial charge on any atom is 0.224 e. The van der Waals surface area contributed by atoms with Crippen LogP contribution in [0.15, 0.2) is 30.5 Å². The molecule has 2 atom stereocenters. The van der Waals surface area contributed by atoms with Gasteiger partial charge in [-0.15, -0.1) is 0 Å². The average Bonchev–Trinajstić information content (AvgIpc) is 2.95. The van der Waals surface area contributed by atoms with Crippen LogP contribution in [0.1, 0.15) is 12.5 Å². The van der Waals surface area contributed by atoms with Crippen molar-refractivity contribution >= 4 is 17.2 Å². The Morgan fingerprint density at radius 2 is 2.15 bits per heavy atom. The zero-order chi connectivity index (χ0) is 14.1. The normalized spacial score (nSPS) is 24.2. The molecule has 2 unspecified atom stereocenters. The topological polar surface area (TPSA) is 28.6 Å². The largest absolute Gasteiger partial charge is 0.470 e. The Morgan fingerprint density at radius 1 is 1.40 bits per heavy atom. The minimum absolute atomic E-state index is 0.0639. The van der Waals surface area contributed by atoms with E-state index in [4.69, 9.17) is 17.0 Å². The second kappa shape index (κ2) is 5.50. The molecular weight excluding hydrogens is 270 g/mol.